The van der Waals surface area contributed by atoms with Crippen molar-refractivity contribution in [2.45, 2.75) is 6.42 Å². The van der Waals surface area contributed by atoms with Gasteiger partial charge in [-0.3, -0.25) is 4.98 Å². The number of carbonyl (C=O) groups excluding carboxylic acids is 1. The Balaban J connectivity index is 1.94. The fraction of sp³-hybridized carbons (Fsp3) is 0.333. The first-order valence-electron chi connectivity index (χ1n) is 4.23. The number of amides is 1. The monoisotopic (exact) mass is 178 g/mol. The van der Waals surface area contributed by atoms with E-state index in [0.717, 1.165) is 19.5 Å². The molecule has 0 N–H and O–H groups in total. The Hall–Kier alpha value is -1.58. The van der Waals surface area contributed by atoms with Crippen LogP contribution in [0.5, 0.6) is 5.75 Å². The molecule has 4 heteroatoms. The maximum absolute atomic E-state index is 11.3. The Morgan fingerprint density at radius 1 is 1.54 bits per heavy atom. The zero-order valence-corrected chi connectivity index (χ0v) is 7.14. The van der Waals surface area contributed by atoms with E-state index in [1.54, 1.807) is 23.2 Å². The maximum atomic E-state index is 11.3. The molecule has 1 fully saturated rings. The van der Waals surface area contributed by atoms with Crippen molar-refractivity contribution in [1.82, 2.24) is 9.88 Å². The van der Waals surface area contributed by atoms with Crippen molar-refractivity contribution in [3.8, 4) is 5.75 Å². The highest BCUT2D eigenvalue weighted by Gasteiger charge is 2.21. The molecule has 0 aliphatic carbocycles. The molecule has 0 spiro atoms. The lowest BCUT2D eigenvalue weighted by Crippen LogP contribution is -2.43. The number of pyridine rings is 1. The van der Waals surface area contributed by atoms with Crippen LogP contribution in [0.4, 0.5) is 4.79 Å². The normalized spacial score (nSPS) is 14.9. The molecule has 0 atom stereocenters. The van der Waals surface area contributed by atoms with Crippen LogP contribution in [0.1, 0.15) is 6.42 Å². The third kappa shape index (κ3) is 1.77. The average Bonchev–Trinajstić information content (AvgIpc) is 2.02. The summed E-state index contributed by atoms with van der Waals surface area (Å²) in [5.74, 6) is 0.499. The molecule has 2 rings (SSSR count). The fourth-order valence-electron chi connectivity index (χ4n) is 1.07. The van der Waals surface area contributed by atoms with E-state index in [9.17, 15) is 4.79 Å². The number of hydrogen-bond acceptors (Lipinski definition) is 3. The van der Waals surface area contributed by atoms with Crippen molar-refractivity contribution < 1.29 is 9.53 Å². The molecular weight excluding hydrogens is 168 g/mol. The molecule has 13 heavy (non-hydrogen) atoms. The van der Waals surface area contributed by atoms with Crippen LogP contribution in [0, 0.1) is 0 Å². The number of ether oxygens (including phenoxy) is 1. The molecular formula is C9H10N2O2. The molecule has 1 aromatic heterocycles. The maximum Gasteiger partial charge on any atom is 0.415 e. The van der Waals surface area contributed by atoms with Crippen LogP contribution in [-0.4, -0.2) is 29.1 Å². The number of rotatable bonds is 1. The molecule has 1 aliphatic heterocycles. The molecule has 4 nitrogen and oxygen atoms in total. The Kier molecular flexibility index (Phi) is 2.12. The summed E-state index contributed by atoms with van der Waals surface area (Å²) in [7, 11) is 0. The van der Waals surface area contributed by atoms with Gasteiger partial charge >= 0.3 is 6.09 Å². The molecule has 1 aliphatic rings. The van der Waals surface area contributed by atoms with Gasteiger partial charge in [0.05, 0.1) is 6.20 Å². The molecule has 1 saturated heterocycles. The molecule has 1 aromatic rings. The van der Waals surface area contributed by atoms with E-state index in [-0.39, 0.29) is 6.09 Å². The number of carbonyl (C=O) groups is 1. The van der Waals surface area contributed by atoms with Gasteiger partial charge in [-0.25, -0.2) is 4.79 Å². The van der Waals surface area contributed by atoms with Crippen LogP contribution in [0.2, 0.25) is 0 Å². The standard InChI is InChI=1S/C9H10N2O2/c12-9(11-5-2-6-11)13-8-3-1-4-10-7-8/h1,3-4,7H,2,5-6H2. The van der Waals surface area contributed by atoms with Gasteiger partial charge in [-0.15, -0.1) is 0 Å². The summed E-state index contributed by atoms with van der Waals surface area (Å²) in [4.78, 5) is 16.8. The van der Waals surface area contributed by atoms with E-state index in [1.807, 2.05) is 0 Å². The second kappa shape index (κ2) is 3.43. The van der Waals surface area contributed by atoms with E-state index >= 15 is 0 Å². The lowest BCUT2D eigenvalue weighted by atomic mass is 10.2. The van der Waals surface area contributed by atoms with Gasteiger partial charge in [-0.1, -0.05) is 0 Å². The Labute approximate surface area is 76.1 Å². The average molecular weight is 178 g/mol. The van der Waals surface area contributed by atoms with Gasteiger partial charge in [0.15, 0.2) is 5.75 Å². The van der Waals surface area contributed by atoms with E-state index in [4.69, 9.17) is 4.74 Å². The second-order valence-corrected chi connectivity index (χ2v) is 2.90. The minimum Gasteiger partial charge on any atom is -0.409 e. The predicted molar refractivity (Wildman–Crippen MR) is 46.5 cm³/mol. The first-order valence-corrected chi connectivity index (χ1v) is 4.23. The summed E-state index contributed by atoms with van der Waals surface area (Å²) >= 11 is 0. The fourth-order valence-corrected chi connectivity index (χ4v) is 1.07. The molecule has 1 amide bonds. The first-order chi connectivity index (χ1) is 6.36. The molecule has 2 heterocycles. The highest BCUT2D eigenvalue weighted by atomic mass is 16.6. The Bertz CT molecular complexity index is 296. The zero-order chi connectivity index (χ0) is 9.10. The summed E-state index contributed by atoms with van der Waals surface area (Å²) in [5.41, 5.74) is 0. The summed E-state index contributed by atoms with van der Waals surface area (Å²) in [6, 6.07) is 3.45. The van der Waals surface area contributed by atoms with Crippen LogP contribution in [0.15, 0.2) is 24.5 Å². The van der Waals surface area contributed by atoms with Gasteiger partial charge in [-0.2, -0.15) is 0 Å². The predicted octanol–water partition coefficient (Wildman–Crippen LogP) is 1.29. The van der Waals surface area contributed by atoms with E-state index in [1.165, 1.54) is 6.20 Å². The van der Waals surface area contributed by atoms with Gasteiger partial charge in [0.25, 0.3) is 0 Å². The Morgan fingerprint density at radius 3 is 2.92 bits per heavy atom. The molecule has 0 unspecified atom stereocenters. The van der Waals surface area contributed by atoms with Crippen molar-refractivity contribution >= 4 is 6.09 Å². The minimum absolute atomic E-state index is 0.278. The Morgan fingerprint density at radius 2 is 2.38 bits per heavy atom. The van der Waals surface area contributed by atoms with Crippen LogP contribution in [0.3, 0.4) is 0 Å². The van der Waals surface area contributed by atoms with Crippen LogP contribution >= 0.6 is 0 Å². The molecule has 0 radical (unpaired) electrons. The highest BCUT2D eigenvalue weighted by Crippen LogP contribution is 2.12. The third-order valence-corrected chi connectivity index (χ3v) is 1.95. The highest BCUT2D eigenvalue weighted by molar-refractivity contribution is 5.71. The summed E-state index contributed by atoms with van der Waals surface area (Å²) in [6.07, 6.45) is 3.96. The van der Waals surface area contributed by atoms with Gasteiger partial charge in [0, 0.05) is 19.3 Å². The van der Waals surface area contributed by atoms with Crippen molar-refractivity contribution in [1.29, 1.82) is 0 Å². The summed E-state index contributed by atoms with van der Waals surface area (Å²) in [5, 5.41) is 0. The van der Waals surface area contributed by atoms with Crippen LogP contribution < -0.4 is 4.74 Å². The quantitative estimate of drug-likeness (QED) is 0.650. The lowest BCUT2D eigenvalue weighted by Gasteiger charge is -2.29. The second-order valence-electron chi connectivity index (χ2n) is 2.90. The van der Waals surface area contributed by atoms with Crippen molar-refractivity contribution in [2.24, 2.45) is 0 Å². The van der Waals surface area contributed by atoms with Gasteiger partial charge < -0.3 is 9.64 Å². The number of hydrogen-bond donors (Lipinski definition) is 0. The van der Waals surface area contributed by atoms with Crippen molar-refractivity contribution in [3.05, 3.63) is 24.5 Å². The van der Waals surface area contributed by atoms with E-state index < -0.39 is 0 Å². The van der Waals surface area contributed by atoms with Gasteiger partial charge in [0.1, 0.15) is 0 Å². The molecule has 0 aromatic carbocycles. The summed E-state index contributed by atoms with van der Waals surface area (Å²) in [6.45, 7) is 1.61. The van der Waals surface area contributed by atoms with E-state index in [2.05, 4.69) is 4.98 Å². The van der Waals surface area contributed by atoms with E-state index in [0.29, 0.717) is 5.75 Å². The van der Waals surface area contributed by atoms with Gasteiger partial charge in [0.2, 0.25) is 0 Å². The number of aromatic nitrogens is 1. The third-order valence-electron chi connectivity index (χ3n) is 1.95. The number of likely N-dealkylation sites (tertiary alicyclic amines) is 1. The minimum atomic E-state index is -0.278. The van der Waals surface area contributed by atoms with Crippen molar-refractivity contribution in [2.75, 3.05) is 13.1 Å². The first kappa shape index (κ1) is 8.04. The van der Waals surface area contributed by atoms with Gasteiger partial charge in [-0.05, 0) is 18.6 Å². The topological polar surface area (TPSA) is 42.4 Å². The number of nitrogens with zero attached hydrogens (tertiary/aromatic N) is 2. The molecule has 0 bridgehead atoms. The SMILES string of the molecule is O=C(Oc1cccnc1)N1CCC1. The van der Waals surface area contributed by atoms with Crippen LogP contribution in [0.25, 0.3) is 0 Å². The summed E-state index contributed by atoms with van der Waals surface area (Å²) < 4.78 is 5.04. The van der Waals surface area contributed by atoms with Crippen molar-refractivity contribution in [3.63, 3.8) is 0 Å². The zero-order valence-electron chi connectivity index (χ0n) is 7.14. The lowest BCUT2D eigenvalue weighted by molar-refractivity contribution is 0.125. The smallest absolute Gasteiger partial charge is 0.409 e. The van der Waals surface area contributed by atoms with Crippen LogP contribution in [-0.2, 0) is 0 Å². The molecule has 0 saturated carbocycles. The largest absolute Gasteiger partial charge is 0.415 e. The molecule has 68 valence electrons.